The Bertz CT molecular complexity index is 783. The van der Waals surface area contributed by atoms with Crippen LogP contribution in [0.3, 0.4) is 0 Å². The minimum absolute atomic E-state index is 0.522. The monoisotopic (exact) mass is 401 g/mol. The third-order valence-corrected chi connectivity index (χ3v) is 4.43. The van der Waals surface area contributed by atoms with Gasteiger partial charge in [-0.05, 0) is 19.4 Å². The highest BCUT2D eigenvalue weighted by atomic mass is 16.5. The molecule has 29 heavy (non-hydrogen) atoms. The summed E-state index contributed by atoms with van der Waals surface area (Å²) in [7, 11) is 6.58. The van der Waals surface area contributed by atoms with Crippen LogP contribution in [0.5, 0.6) is 23.0 Å². The SMILES string of the molecule is CCNC(=NCc1ccccc1OC)NCCc1c(OC)cc(OC)cc1OC. The predicted molar refractivity (Wildman–Crippen MR) is 116 cm³/mol. The number of benzene rings is 2. The summed E-state index contributed by atoms with van der Waals surface area (Å²) in [6.07, 6.45) is 0.704. The van der Waals surface area contributed by atoms with Crippen LogP contribution in [0, 0.1) is 0 Å². The van der Waals surface area contributed by atoms with Gasteiger partial charge < -0.3 is 29.6 Å². The normalized spacial score (nSPS) is 11.0. The Balaban J connectivity index is 2.08. The highest BCUT2D eigenvalue weighted by Gasteiger charge is 2.13. The predicted octanol–water partition coefficient (Wildman–Crippen LogP) is 3.02. The fourth-order valence-corrected chi connectivity index (χ4v) is 2.97. The maximum absolute atomic E-state index is 5.52. The Morgan fingerprint density at radius 1 is 0.862 bits per heavy atom. The molecule has 2 aromatic carbocycles. The third-order valence-electron chi connectivity index (χ3n) is 4.43. The van der Waals surface area contributed by atoms with Crippen molar-refractivity contribution >= 4 is 5.96 Å². The fourth-order valence-electron chi connectivity index (χ4n) is 2.97. The van der Waals surface area contributed by atoms with Crippen LogP contribution in [0.1, 0.15) is 18.1 Å². The molecule has 0 bridgehead atoms. The second-order valence-corrected chi connectivity index (χ2v) is 6.19. The molecule has 0 amide bonds. The van der Waals surface area contributed by atoms with Gasteiger partial charge >= 0.3 is 0 Å². The number of aliphatic imine (C=N–C) groups is 1. The molecule has 2 rings (SSSR count). The molecule has 0 saturated heterocycles. The lowest BCUT2D eigenvalue weighted by Gasteiger charge is -2.16. The molecule has 0 aliphatic heterocycles. The standard InChI is InChI=1S/C22H31N3O4/c1-6-23-22(25-15-16-9-7-8-10-19(16)27-3)24-12-11-18-20(28-4)13-17(26-2)14-21(18)29-5/h7-10,13-14H,6,11-12,15H2,1-5H3,(H2,23,24,25). The average molecular weight is 402 g/mol. The Kier molecular flexibility index (Phi) is 8.95. The van der Waals surface area contributed by atoms with Crippen LogP contribution in [0.2, 0.25) is 0 Å². The van der Waals surface area contributed by atoms with Gasteiger partial charge in [-0.1, -0.05) is 18.2 Å². The van der Waals surface area contributed by atoms with Crippen molar-refractivity contribution in [3.8, 4) is 23.0 Å². The molecule has 0 aromatic heterocycles. The first-order valence-corrected chi connectivity index (χ1v) is 9.59. The van der Waals surface area contributed by atoms with Gasteiger partial charge in [0, 0.05) is 36.3 Å². The van der Waals surface area contributed by atoms with E-state index in [0.29, 0.717) is 25.3 Å². The van der Waals surface area contributed by atoms with E-state index >= 15 is 0 Å². The highest BCUT2D eigenvalue weighted by Crippen LogP contribution is 2.34. The summed E-state index contributed by atoms with van der Waals surface area (Å²) in [4.78, 5) is 4.67. The fraction of sp³-hybridized carbons (Fsp3) is 0.409. The number of methoxy groups -OCH3 is 4. The molecule has 158 valence electrons. The summed E-state index contributed by atoms with van der Waals surface area (Å²) >= 11 is 0. The van der Waals surface area contributed by atoms with Gasteiger partial charge in [-0.25, -0.2) is 4.99 Å². The van der Waals surface area contributed by atoms with Gasteiger partial charge in [0.25, 0.3) is 0 Å². The largest absolute Gasteiger partial charge is 0.496 e. The molecule has 0 aliphatic carbocycles. The molecule has 2 N–H and O–H groups in total. The molecule has 0 spiro atoms. The second-order valence-electron chi connectivity index (χ2n) is 6.19. The molecule has 0 fully saturated rings. The summed E-state index contributed by atoms with van der Waals surface area (Å²) in [6.45, 7) is 3.99. The maximum atomic E-state index is 5.52. The number of nitrogens with one attached hydrogen (secondary N) is 2. The maximum Gasteiger partial charge on any atom is 0.191 e. The van der Waals surface area contributed by atoms with Crippen molar-refractivity contribution in [2.24, 2.45) is 4.99 Å². The lowest BCUT2D eigenvalue weighted by molar-refractivity contribution is 0.368. The van der Waals surface area contributed by atoms with Crippen LogP contribution >= 0.6 is 0 Å². The number of para-hydroxylation sites is 1. The zero-order valence-corrected chi connectivity index (χ0v) is 17.9. The first-order chi connectivity index (χ1) is 14.2. The molecule has 0 radical (unpaired) electrons. The lowest BCUT2D eigenvalue weighted by Crippen LogP contribution is -2.38. The summed E-state index contributed by atoms with van der Waals surface area (Å²) < 4.78 is 21.7. The van der Waals surface area contributed by atoms with Crippen LogP contribution in [0.15, 0.2) is 41.4 Å². The number of hydrogen-bond acceptors (Lipinski definition) is 5. The first-order valence-electron chi connectivity index (χ1n) is 9.59. The Hall–Kier alpha value is -3.09. The second kappa shape index (κ2) is 11.7. The minimum Gasteiger partial charge on any atom is -0.496 e. The smallest absolute Gasteiger partial charge is 0.191 e. The van der Waals surface area contributed by atoms with E-state index in [1.165, 1.54) is 0 Å². The first kappa shape index (κ1) is 22.2. The van der Waals surface area contributed by atoms with Crippen molar-refractivity contribution in [1.82, 2.24) is 10.6 Å². The minimum atomic E-state index is 0.522. The van der Waals surface area contributed by atoms with Crippen molar-refractivity contribution in [3.63, 3.8) is 0 Å². The van der Waals surface area contributed by atoms with Gasteiger partial charge in [-0.3, -0.25) is 0 Å². The lowest BCUT2D eigenvalue weighted by atomic mass is 10.1. The van der Waals surface area contributed by atoms with E-state index in [4.69, 9.17) is 18.9 Å². The molecular weight excluding hydrogens is 370 g/mol. The quantitative estimate of drug-likeness (QED) is 0.471. The van der Waals surface area contributed by atoms with Gasteiger partial charge in [0.15, 0.2) is 5.96 Å². The van der Waals surface area contributed by atoms with Crippen molar-refractivity contribution in [3.05, 3.63) is 47.5 Å². The summed E-state index contributed by atoms with van der Waals surface area (Å²) in [5, 5.41) is 6.63. The van der Waals surface area contributed by atoms with Gasteiger partial charge in [-0.15, -0.1) is 0 Å². The molecule has 2 aromatic rings. The van der Waals surface area contributed by atoms with Gasteiger partial charge in [-0.2, -0.15) is 0 Å². The van der Waals surface area contributed by atoms with Crippen molar-refractivity contribution in [2.45, 2.75) is 19.9 Å². The van der Waals surface area contributed by atoms with Crippen molar-refractivity contribution < 1.29 is 18.9 Å². The van der Waals surface area contributed by atoms with E-state index in [1.807, 2.05) is 43.3 Å². The average Bonchev–Trinajstić information content (AvgIpc) is 2.77. The topological polar surface area (TPSA) is 73.3 Å². The van der Waals surface area contributed by atoms with E-state index in [2.05, 4.69) is 15.6 Å². The number of ether oxygens (including phenoxy) is 4. The van der Waals surface area contributed by atoms with E-state index in [-0.39, 0.29) is 0 Å². The number of guanidine groups is 1. The molecule has 0 aliphatic rings. The zero-order chi connectivity index (χ0) is 21.1. The molecule has 0 atom stereocenters. The van der Waals surface area contributed by atoms with Gasteiger partial charge in [0.1, 0.15) is 23.0 Å². The Morgan fingerprint density at radius 2 is 1.52 bits per heavy atom. The van der Waals surface area contributed by atoms with Crippen LogP contribution in [0.4, 0.5) is 0 Å². The Labute approximate surface area is 173 Å². The van der Waals surface area contributed by atoms with E-state index < -0.39 is 0 Å². The van der Waals surface area contributed by atoms with Crippen LogP contribution < -0.4 is 29.6 Å². The van der Waals surface area contributed by atoms with Crippen LogP contribution in [-0.2, 0) is 13.0 Å². The summed E-state index contributed by atoms with van der Waals surface area (Å²) in [5.41, 5.74) is 2.01. The van der Waals surface area contributed by atoms with Crippen LogP contribution in [0.25, 0.3) is 0 Å². The molecule has 0 heterocycles. The zero-order valence-electron chi connectivity index (χ0n) is 17.9. The van der Waals surface area contributed by atoms with E-state index in [0.717, 1.165) is 40.9 Å². The summed E-state index contributed by atoms with van der Waals surface area (Å²) in [5.74, 6) is 3.74. The van der Waals surface area contributed by atoms with Crippen LogP contribution in [-0.4, -0.2) is 47.5 Å². The number of hydrogen-bond donors (Lipinski definition) is 2. The van der Waals surface area contributed by atoms with Crippen molar-refractivity contribution in [2.75, 3.05) is 41.5 Å². The number of nitrogens with zero attached hydrogens (tertiary/aromatic N) is 1. The molecule has 7 nitrogen and oxygen atoms in total. The molecule has 0 saturated carbocycles. The third kappa shape index (κ3) is 6.20. The van der Waals surface area contributed by atoms with Gasteiger partial charge in [0.2, 0.25) is 0 Å². The van der Waals surface area contributed by atoms with Crippen molar-refractivity contribution in [1.29, 1.82) is 0 Å². The molecule has 7 heteroatoms. The number of rotatable bonds is 10. The molecular formula is C22H31N3O4. The summed E-state index contributed by atoms with van der Waals surface area (Å²) in [6, 6.07) is 11.6. The van der Waals surface area contributed by atoms with Gasteiger partial charge in [0.05, 0.1) is 35.0 Å². The van der Waals surface area contributed by atoms with E-state index in [1.54, 1.807) is 28.4 Å². The molecule has 0 unspecified atom stereocenters. The highest BCUT2D eigenvalue weighted by molar-refractivity contribution is 5.79. The Morgan fingerprint density at radius 3 is 2.10 bits per heavy atom. The van der Waals surface area contributed by atoms with E-state index in [9.17, 15) is 0 Å².